The van der Waals surface area contributed by atoms with Gasteiger partial charge in [-0.25, -0.2) is 0 Å². The van der Waals surface area contributed by atoms with Gasteiger partial charge in [-0.3, -0.25) is 9.89 Å². The number of hydrogen-bond donors (Lipinski definition) is 1. The fraction of sp³-hybridized carbons (Fsp3) is 0.789. The molecule has 1 aromatic heterocycles. The number of H-pyrrole nitrogens is 1. The molecule has 0 amide bonds. The predicted molar refractivity (Wildman–Crippen MR) is 93.6 cm³/mol. The van der Waals surface area contributed by atoms with Crippen LogP contribution in [0, 0.1) is 17.3 Å². The Labute approximate surface area is 145 Å². The number of piperidine rings is 1. The third-order valence-electron chi connectivity index (χ3n) is 5.72. The number of nitrogens with one attached hydrogen (secondary N) is 1. The summed E-state index contributed by atoms with van der Waals surface area (Å²) in [6.45, 7) is 13.4. The minimum absolute atomic E-state index is 0.0233. The molecule has 1 N–H and O–H groups in total. The van der Waals surface area contributed by atoms with Gasteiger partial charge < -0.3 is 9.64 Å². The van der Waals surface area contributed by atoms with Crippen LogP contribution >= 0.6 is 0 Å². The molecule has 24 heavy (non-hydrogen) atoms. The molecule has 1 saturated carbocycles. The first-order valence-corrected chi connectivity index (χ1v) is 9.13. The van der Waals surface area contributed by atoms with Crippen molar-refractivity contribution in [1.82, 2.24) is 15.1 Å². The zero-order valence-electron chi connectivity index (χ0n) is 15.6. The Bertz CT molecular complexity index is 566. The van der Waals surface area contributed by atoms with Crippen molar-refractivity contribution in [1.29, 1.82) is 0 Å². The quantitative estimate of drug-likeness (QED) is 0.860. The molecule has 5 nitrogen and oxygen atoms in total. The predicted octanol–water partition coefficient (Wildman–Crippen LogP) is 3.20. The lowest BCUT2D eigenvalue weighted by atomic mass is 9.93. The number of carbonyl (C=O) groups excluding carboxylic acids is 1. The van der Waals surface area contributed by atoms with E-state index in [1.165, 1.54) is 5.69 Å². The Balaban J connectivity index is 1.51. The molecule has 1 aliphatic carbocycles. The number of carbonyl (C=O) groups is 1. The summed E-state index contributed by atoms with van der Waals surface area (Å²) in [5.41, 5.74) is 0.915. The zero-order valence-corrected chi connectivity index (χ0v) is 15.6. The van der Waals surface area contributed by atoms with E-state index in [0.29, 0.717) is 11.8 Å². The van der Waals surface area contributed by atoms with Crippen molar-refractivity contribution < 1.29 is 9.53 Å². The second-order valence-electron chi connectivity index (χ2n) is 9.03. The van der Waals surface area contributed by atoms with Gasteiger partial charge in [0.2, 0.25) is 0 Å². The summed E-state index contributed by atoms with van der Waals surface area (Å²) in [7, 11) is 0. The maximum absolute atomic E-state index is 12.4. The van der Waals surface area contributed by atoms with E-state index in [1.807, 2.05) is 27.0 Å². The van der Waals surface area contributed by atoms with Crippen molar-refractivity contribution in [2.75, 3.05) is 19.6 Å². The lowest BCUT2D eigenvalue weighted by Crippen LogP contribution is -2.35. The molecular formula is C19H31N3O2. The topological polar surface area (TPSA) is 58.2 Å². The molecule has 0 bridgehead atoms. The van der Waals surface area contributed by atoms with Crippen LogP contribution in [0.3, 0.4) is 0 Å². The van der Waals surface area contributed by atoms with Crippen molar-refractivity contribution in [3.8, 4) is 0 Å². The first-order chi connectivity index (χ1) is 11.2. The van der Waals surface area contributed by atoms with Crippen LogP contribution in [0.15, 0.2) is 12.3 Å². The second-order valence-corrected chi connectivity index (χ2v) is 9.03. The number of aromatic nitrogens is 2. The Morgan fingerprint density at radius 3 is 2.58 bits per heavy atom. The summed E-state index contributed by atoms with van der Waals surface area (Å²) in [4.78, 5) is 15.0. The molecule has 5 heteroatoms. The highest BCUT2D eigenvalue weighted by Gasteiger charge is 2.63. The van der Waals surface area contributed by atoms with Gasteiger partial charge in [0.05, 0.1) is 5.92 Å². The molecule has 0 radical (unpaired) electrons. The van der Waals surface area contributed by atoms with E-state index in [4.69, 9.17) is 4.74 Å². The molecule has 2 atom stereocenters. The van der Waals surface area contributed by atoms with Crippen molar-refractivity contribution in [2.24, 2.45) is 17.3 Å². The van der Waals surface area contributed by atoms with Crippen LogP contribution in [0.25, 0.3) is 0 Å². The van der Waals surface area contributed by atoms with Gasteiger partial charge in [0.15, 0.2) is 0 Å². The Hall–Kier alpha value is -1.36. The Kier molecular flexibility index (Phi) is 4.49. The molecule has 2 fully saturated rings. The average Bonchev–Trinajstić information content (AvgIpc) is 2.87. The third-order valence-corrected chi connectivity index (χ3v) is 5.72. The van der Waals surface area contributed by atoms with Gasteiger partial charge in [-0.2, -0.15) is 5.10 Å². The highest BCUT2D eigenvalue weighted by molar-refractivity contribution is 5.78. The highest BCUT2D eigenvalue weighted by Crippen LogP contribution is 2.59. The van der Waals surface area contributed by atoms with Gasteiger partial charge in [-0.15, -0.1) is 0 Å². The summed E-state index contributed by atoms with van der Waals surface area (Å²) in [5, 5.41) is 7.16. The summed E-state index contributed by atoms with van der Waals surface area (Å²) in [6, 6.07) is 2.09. The fourth-order valence-corrected chi connectivity index (χ4v) is 4.12. The molecule has 3 rings (SSSR count). The van der Waals surface area contributed by atoms with E-state index < -0.39 is 5.60 Å². The summed E-state index contributed by atoms with van der Waals surface area (Å²) in [5.74, 6) is 1.03. The monoisotopic (exact) mass is 333 g/mol. The third kappa shape index (κ3) is 3.66. The van der Waals surface area contributed by atoms with Crippen LogP contribution < -0.4 is 0 Å². The minimum Gasteiger partial charge on any atom is -0.460 e. The minimum atomic E-state index is -0.400. The fourth-order valence-electron chi connectivity index (χ4n) is 4.12. The normalized spacial score (nSPS) is 27.9. The molecule has 1 aliphatic heterocycles. The maximum Gasteiger partial charge on any atom is 0.310 e. The molecule has 2 aliphatic rings. The van der Waals surface area contributed by atoms with Crippen molar-refractivity contribution in [3.63, 3.8) is 0 Å². The average molecular weight is 333 g/mol. The lowest BCUT2D eigenvalue weighted by Gasteiger charge is -2.31. The van der Waals surface area contributed by atoms with E-state index in [1.54, 1.807) is 0 Å². The summed E-state index contributed by atoms with van der Waals surface area (Å²) < 4.78 is 5.61. The SMILES string of the molecule is CC(C)(C)OC(=O)C1C(CN2CCC(c3ccn[nH]3)CC2)C1(C)C. The molecule has 1 aromatic rings. The van der Waals surface area contributed by atoms with E-state index in [9.17, 15) is 4.79 Å². The summed E-state index contributed by atoms with van der Waals surface area (Å²) >= 11 is 0. The zero-order chi connectivity index (χ0) is 17.5. The van der Waals surface area contributed by atoms with Gasteiger partial charge in [0, 0.05) is 24.4 Å². The first-order valence-electron chi connectivity index (χ1n) is 9.13. The van der Waals surface area contributed by atoms with Crippen LogP contribution in [-0.4, -0.2) is 46.3 Å². The maximum atomic E-state index is 12.4. The second kappa shape index (κ2) is 6.17. The first kappa shape index (κ1) is 17.5. The standard InChI is InChI=1S/C19H31N3O2/c1-18(2,3)24-17(23)16-14(19(16,4)5)12-22-10-7-13(8-11-22)15-6-9-20-21-15/h6,9,13-14,16H,7-8,10-12H2,1-5H3,(H,20,21). The van der Waals surface area contributed by atoms with Crippen LogP contribution in [0.5, 0.6) is 0 Å². The Morgan fingerprint density at radius 2 is 2.04 bits per heavy atom. The van der Waals surface area contributed by atoms with Gasteiger partial charge >= 0.3 is 5.97 Å². The number of nitrogens with zero attached hydrogens (tertiary/aromatic N) is 2. The van der Waals surface area contributed by atoms with Gasteiger partial charge in [-0.1, -0.05) is 13.8 Å². The number of rotatable bonds is 4. The molecular weight excluding hydrogens is 302 g/mol. The van der Waals surface area contributed by atoms with Crippen LogP contribution in [0.1, 0.15) is 59.1 Å². The van der Waals surface area contributed by atoms with Crippen molar-refractivity contribution in [3.05, 3.63) is 18.0 Å². The molecule has 0 aromatic carbocycles. The number of esters is 1. The van der Waals surface area contributed by atoms with Gasteiger partial charge in [0.1, 0.15) is 5.60 Å². The number of ether oxygens (including phenoxy) is 1. The van der Waals surface area contributed by atoms with Crippen molar-refractivity contribution >= 4 is 5.97 Å². The molecule has 1 saturated heterocycles. The highest BCUT2D eigenvalue weighted by atomic mass is 16.6. The van der Waals surface area contributed by atoms with Gasteiger partial charge in [0.25, 0.3) is 0 Å². The van der Waals surface area contributed by atoms with Crippen LogP contribution in [0.2, 0.25) is 0 Å². The van der Waals surface area contributed by atoms with Crippen LogP contribution in [-0.2, 0) is 9.53 Å². The molecule has 0 spiro atoms. The van der Waals surface area contributed by atoms with E-state index in [0.717, 1.165) is 32.5 Å². The van der Waals surface area contributed by atoms with Gasteiger partial charge in [-0.05, 0) is 64.1 Å². The number of hydrogen-bond acceptors (Lipinski definition) is 4. The van der Waals surface area contributed by atoms with E-state index >= 15 is 0 Å². The number of aromatic amines is 1. The smallest absolute Gasteiger partial charge is 0.310 e. The largest absolute Gasteiger partial charge is 0.460 e. The molecule has 2 heterocycles. The van der Waals surface area contributed by atoms with E-state index in [-0.39, 0.29) is 17.3 Å². The van der Waals surface area contributed by atoms with Crippen molar-refractivity contribution in [2.45, 2.75) is 59.0 Å². The Morgan fingerprint density at radius 1 is 1.38 bits per heavy atom. The van der Waals surface area contributed by atoms with Crippen LogP contribution in [0.4, 0.5) is 0 Å². The number of likely N-dealkylation sites (tertiary alicyclic amines) is 1. The van der Waals surface area contributed by atoms with E-state index in [2.05, 4.69) is 35.0 Å². The summed E-state index contributed by atoms with van der Waals surface area (Å²) in [6.07, 6.45) is 4.15. The molecule has 2 unspecified atom stereocenters. The lowest BCUT2D eigenvalue weighted by molar-refractivity contribution is -0.157. The molecule has 134 valence electrons.